The third-order valence-electron chi connectivity index (χ3n) is 1.39. The molecule has 7 nitrogen and oxygen atoms in total. The van der Waals surface area contributed by atoms with E-state index in [2.05, 4.69) is 20.1 Å². The molecule has 0 bridgehead atoms. The molecule has 11 heavy (non-hydrogen) atoms. The Hall–Kier alpha value is -1.42. The largest absolute Gasteiger partial charge is 0.369 e. The lowest BCUT2D eigenvalue weighted by molar-refractivity contribution is 0.355. The van der Waals surface area contributed by atoms with Gasteiger partial charge in [0.05, 0.1) is 12.2 Å². The third-order valence-corrected chi connectivity index (χ3v) is 1.39. The molecule has 0 radical (unpaired) electrons. The van der Waals surface area contributed by atoms with Gasteiger partial charge < -0.3 is 4.74 Å². The normalized spacial score (nSPS) is 29.5. The molecule has 1 aliphatic heterocycles. The molecular weight excluding hydrogens is 148 g/mol. The van der Waals surface area contributed by atoms with E-state index >= 15 is 0 Å². The van der Waals surface area contributed by atoms with Crippen molar-refractivity contribution in [1.82, 2.24) is 0 Å². The first-order chi connectivity index (χ1) is 5.29. The maximum Gasteiger partial charge on any atom is 0.144 e. The van der Waals surface area contributed by atoms with E-state index in [0.29, 0.717) is 0 Å². The van der Waals surface area contributed by atoms with Gasteiger partial charge in [-0.1, -0.05) is 10.2 Å². The second-order valence-electron chi connectivity index (χ2n) is 2.13. The molecule has 0 amide bonds. The molecule has 0 aliphatic carbocycles. The summed E-state index contributed by atoms with van der Waals surface area (Å²) in [5.74, 6) is 0. The minimum absolute atomic E-state index is 0.0241. The van der Waals surface area contributed by atoms with Crippen LogP contribution in [0.15, 0.2) is 10.2 Å². The Morgan fingerprint density at radius 2 is 1.82 bits per heavy atom. The molecule has 1 saturated heterocycles. The van der Waals surface area contributed by atoms with Gasteiger partial charge in [-0.3, -0.25) is 0 Å². The van der Waals surface area contributed by atoms with Crippen molar-refractivity contribution in [3.05, 3.63) is 20.9 Å². The van der Waals surface area contributed by atoms with Crippen molar-refractivity contribution in [1.29, 1.82) is 0 Å². The Labute approximate surface area is 62.2 Å². The van der Waals surface area contributed by atoms with Crippen molar-refractivity contribution in [2.75, 3.05) is 0 Å². The van der Waals surface area contributed by atoms with Crippen LogP contribution in [0.5, 0.6) is 0 Å². The van der Waals surface area contributed by atoms with E-state index < -0.39 is 6.17 Å². The highest BCUT2D eigenvalue weighted by Gasteiger charge is 2.40. The fraction of sp³-hybridized carbons (Fsp3) is 1.00. The number of nitrogens with zero attached hydrogens (tertiary/aromatic N) is 6. The molecule has 0 saturated carbocycles. The first-order valence-corrected chi connectivity index (χ1v) is 3.03. The van der Waals surface area contributed by atoms with Crippen molar-refractivity contribution in [3.8, 4) is 0 Å². The molecule has 1 fully saturated rings. The molecule has 1 heterocycles. The monoisotopic (exact) mass is 154 g/mol. The van der Waals surface area contributed by atoms with Crippen LogP contribution < -0.4 is 0 Å². The van der Waals surface area contributed by atoms with Crippen LogP contribution in [0.2, 0.25) is 0 Å². The van der Waals surface area contributed by atoms with E-state index in [1.807, 2.05) is 6.92 Å². The maximum absolute atomic E-state index is 8.05. The number of azide groups is 1. The van der Waals surface area contributed by atoms with Crippen LogP contribution in [0.3, 0.4) is 0 Å². The van der Waals surface area contributed by atoms with Gasteiger partial charge in [0.15, 0.2) is 0 Å². The molecule has 58 valence electrons. The van der Waals surface area contributed by atoms with Gasteiger partial charge in [0, 0.05) is 9.82 Å². The van der Waals surface area contributed by atoms with Crippen molar-refractivity contribution < 1.29 is 4.74 Å². The molecule has 2 atom stereocenters. The van der Waals surface area contributed by atoms with Gasteiger partial charge in [0.2, 0.25) is 0 Å². The highest BCUT2D eigenvalue weighted by atomic mass is 16.6. The fourth-order valence-corrected chi connectivity index (χ4v) is 0.775. The van der Waals surface area contributed by atoms with E-state index in [-0.39, 0.29) is 12.2 Å². The smallest absolute Gasteiger partial charge is 0.144 e. The molecular formula is C4H6N6O. The lowest BCUT2D eigenvalue weighted by Crippen LogP contribution is -2.08. The quantitative estimate of drug-likeness (QED) is 0.262. The van der Waals surface area contributed by atoms with Gasteiger partial charge in [-0.15, -0.1) is 0 Å². The maximum atomic E-state index is 8.05. The second kappa shape index (κ2) is 3.12. The van der Waals surface area contributed by atoms with Crippen LogP contribution in [-0.2, 0) is 4.74 Å². The van der Waals surface area contributed by atoms with Crippen LogP contribution >= 0.6 is 0 Å². The van der Waals surface area contributed by atoms with E-state index in [1.165, 1.54) is 0 Å². The average molecular weight is 154 g/mol. The lowest BCUT2D eigenvalue weighted by Gasteiger charge is -1.94. The summed E-state index contributed by atoms with van der Waals surface area (Å²) >= 11 is 0. The second-order valence-corrected chi connectivity index (χ2v) is 2.13. The predicted octanol–water partition coefficient (Wildman–Crippen LogP) is 1.72. The van der Waals surface area contributed by atoms with Crippen molar-refractivity contribution in [2.24, 2.45) is 10.2 Å². The number of hydrogen-bond donors (Lipinski definition) is 0. The van der Waals surface area contributed by atoms with Gasteiger partial charge >= 0.3 is 0 Å². The topological polar surface area (TPSA) is 110 Å². The minimum Gasteiger partial charge on any atom is -0.369 e. The summed E-state index contributed by atoms with van der Waals surface area (Å²) in [7, 11) is 0. The highest BCUT2D eigenvalue weighted by Crippen LogP contribution is 2.27. The molecule has 1 aliphatic rings. The SMILES string of the molecule is CC1OC1C(N=[N+]=[N-])N=[N+]=[N-]. The van der Waals surface area contributed by atoms with Gasteiger partial charge in [-0.05, 0) is 18.0 Å². The Morgan fingerprint density at radius 1 is 1.36 bits per heavy atom. The summed E-state index contributed by atoms with van der Waals surface area (Å²) < 4.78 is 4.95. The zero-order valence-corrected chi connectivity index (χ0v) is 5.82. The standard InChI is InChI=1S/C4H6N6O/c1-2-3(11-2)4(7-9-5)8-10-6/h2-4H,1H3. The van der Waals surface area contributed by atoms with Crippen molar-refractivity contribution in [2.45, 2.75) is 25.3 Å². The summed E-state index contributed by atoms with van der Waals surface area (Å²) in [6, 6.07) is 0. The molecule has 0 spiro atoms. The summed E-state index contributed by atoms with van der Waals surface area (Å²) in [6.45, 7) is 1.82. The summed E-state index contributed by atoms with van der Waals surface area (Å²) in [6.07, 6.45) is -0.946. The van der Waals surface area contributed by atoms with Gasteiger partial charge in [0.1, 0.15) is 6.17 Å². The molecule has 7 heteroatoms. The van der Waals surface area contributed by atoms with E-state index in [0.717, 1.165) is 0 Å². The van der Waals surface area contributed by atoms with Crippen LogP contribution in [0, 0.1) is 0 Å². The lowest BCUT2D eigenvalue weighted by atomic mass is 10.3. The minimum atomic E-state index is -0.736. The fourth-order valence-electron chi connectivity index (χ4n) is 0.775. The number of rotatable bonds is 3. The summed E-state index contributed by atoms with van der Waals surface area (Å²) in [5.41, 5.74) is 16.1. The molecule has 0 N–H and O–H groups in total. The molecule has 1 rings (SSSR count). The summed E-state index contributed by atoms with van der Waals surface area (Å²) in [4.78, 5) is 5.06. The van der Waals surface area contributed by atoms with E-state index in [4.69, 9.17) is 15.8 Å². The molecule has 0 aromatic rings. The summed E-state index contributed by atoms with van der Waals surface area (Å²) in [5, 5.41) is 6.52. The molecule has 2 unspecified atom stereocenters. The van der Waals surface area contributed by atoms with Gasteiger partial charge in [0.25, 0.3) is 0 Å². The predicted molar refractivity (Wildman–Crippen MR) is 36.4 cm³/mol. The van der Waals surface area contributed by atoms with Crippen LogP contribution in [-0.4, -0.2) is 18.4 Å². The Bertz CT molecular complexity index is 221. The Balaban J connectivity index is 2.60. The van der Waals surface area contributed by atoms with Crippen molar-refractivity contribution in [3.63, 3.8) is 0 Å². The molecule has 0 aromatic heterocycles. The Morgan fingerprint density at radius 3 is 2.09 bits per heavy atom. The number of hydrogen-bond acceptors (Lipinski definition) is 3. The van der Waals surface area contributed by atoms with Crippen molar-refractivity contribution >= 4 is 0 Å². The molecule has 0 aromatic carbocycles. The zero-order chi connectivity index (χ0) is 8.27. The van der Waals surface area contributed by atoms with Crippen LogP contribution in [0.25, 0.3) is 20.9 Å². The number of epoxide rings is 1. The van der Waals surface area contributed by atoms with Gasteiger partial charge in [-0.2, -0.15) is 0 Å². The first kappa shape index (κ1) is 7.68. The van der Waals surface area contributed by atoms with E-state index in [9.17, 15) is 0 Å². The average Bonchev–Trinajstić information content (AvgIpc) is 2.67. The van der Waals surface area contributed by atoms with Crippen LogP contribution in [0.1, 0.15) is 6.92 Å². The highest BCUT2D eigenvalue weighted by molar-refractivity contribution is 4.90. The third kappa shape index (κ3) is 1.75. The zero-order valence-electron chi connectivity index (χ0n) is 5.82. The van der Waals surface area contributed by atoms with Gasteiger partial charge in [-0.25, -0.2) is 0 Å². The van der Waals surface area contributed by atoms with Crippen LogP contribution in [0.4, 0.5) is 0 Å². The van der Waals surface area contributed by atoms with E-state index in [1.54, 1.807) is 0 Å². The first-order valence-electron chi connectivity index (χ1n) is 3.03. The Kier molecular flexibility index (Phi) is 2.18. The number of ether oxygens (including phenoxy) is 1.